The highest BCUT2D eigenvalue weighted by Crippen LogP contribution is 2.43. The minimum absolute atomic E-state index is 0.00183. The van der Waals surface area contributed by atoms with Crippen molar-refractivity contribution in [3.8, 4) is 5.75 Å². The zero-order valence-electron chi connectivity index (χ0n) is 13.4. The zero-order chi connectivity index (χ0) is 16.2. The van der Waals surface area contributed by atoms with Gasteiger partial charge in [-0.2, -0.15) is 0 Å². The molecule has 2 aromatic carbocycles. The normalized spacial score (nSPS) is 20.8. The van der Waals surface area contributed by atoms with E-state index in [1.165, 1.54) is 5.56 Å². The molecule has 0 spiro atoms. The summed E-state index contributed by atoms with van der Waals surface area (Å²) in [7, 11) is 1.67. The summed E-state index contributed by atoms with van der Waals surface area (Å²) in [4.78, 5) is 14.5. The second kappa shape index (κ2) is 7.09. The van der Waals surface area contributed by atoms with Crippen molar-refractivity contribution in [3.05, 3.63) is 65.7 Å². The van der Waals surface area contributed by atoms with Gasteiger partial charge in [0.15, 0.2) is 0 Å². The summed E-state index contributed by atoms with van der Waals surface area (Å²) in [5.74, 6) is 1.05. The first kappa shape index (κ1) is 15.9. The Hall–Kier alpha value is -1.94. The van der Waals surface area contributed by atoms with E-state index in [9.17, 15) is 4.79 Å². The number of methoxy groups -OCH3 is 1. The van der Waals surface area contributed by atoms with Crippen molar-refractivity contribution in [2.45, 2.75) is 24.0 Å². The van der Waals surface area contributed by atoms with Gasteiger partial charge in [-0.05, 0) is 36.6 Å². The van der Waals surface area contributed by atoms with Gasteiger partial charge < -0.3 is 9.64 Å². The van der Waals surface area contributed by atoms with Crippen molar-refractivity contribution in [1.29, 1.82) is 0 Å². The largest absolute Gasteiger partial charge is 0.497 e. The lowest BCUT2D eigenvalue weighted by Gasteiger charge is -2.24. The topological polar surface area (TPSA) is 29.5 Å². The van der Waals surface area contributed by atoms with E-state index in [4.69, 9.17) is 4.74 Å². The van der Waals surface area contributed by atoms with Gasteiger partial charge in [-0.3, -0.25) is 4.79 Å². The fourth-order valence-corrected chi connectivity index (χ4v) is 4.15. The predicted molar refractivity (Wildman–Crippen MR) is 94.6 cm³/mol. The van der Waals surface area contributed by atoms with Crippen molar-refractivity contribution in [2.24, 2.45) is 0 Å². The molecule has 1 fully saturated rings. The van der Waals surface area contributed by atoms with Crippen LogP contribution in [-0.2, 0) is 11.2 Å². The van der Waals surface area contributed by atoms with Gasteiger partial charge in [0.1, 0.15) is 11.1 Å². The molecule has 23 heavy (non-hydrogen) atoms. The van der Waals surface area contributed by atoms with Crippen molar-refractivity contribution in [2.75, 3.05) is 13.7 Å². The first-order valence-corrected chi connectivity index (χ1v) is 8.77. The molecule has 1 amide bonds. The Balaban J connectivity index is 1.78. The summed E-state index contributed by atoms with van der Waals surface area (Å²) in [5.41, 5.74) is 2.38. The molecule has 0 bridgehead atoms. The van der Waals surface area contributed by atoms with Crippen LogP contribution in [0.15, 0.2) is 54.6 Å². The number of rotatable bonds is 5. The number of amides is 1. The second-order valence-electron chi connectivity index (χ2n) is 5.67. The molecule has 2 aromatic rings. The Morgan fingerprint density at radius 1 is 1.13 bits per heavy atom. The Kier molecular flexibility index (Phi) is 4.91. The maximum Gasteiger partial charge on any atom is 0.236 e. The van der Waals surface area contributed by atoms with Gasteiger partial charge in [0.2, 0.25) is 5.91 Å². The lowest BCUT2D eigenvalue weighted by Crippen LogP contribution is -2.32. The molecule has 0 radical (unpaired) electrons. The standard InChI is InChI=1S/C19H21NO2S/c1-14-18(21)20(12-11-15-7-4-3-5-8-15)19(23-14)16-9-6-10-17(13-16)22-2/h3-10,13-14,19H,11-12H2,1-2H3. The highest BCUT2D eigenvalue weighted by atomic mass is 32.2. The number of hydrogen-bond acceptors (Lipinski definition) is 3. The summed E-state index contributed by atoms with van der Waals surface area (Å²) >= 11 is 1.71. The van der Waals surface area contributed by atoms with Crippen molar-refractivity contribution in [3.63, 3.8) is 0 Å². The molecule has 2 atom stereocenters. The van der Waals surface area contributed by atoms with Gasteiger partial charge in [-0.25, -0.2) is 0 Å². The third-order valence-electron chi connectivity index (χ3n) is 4.11. The molecule has 1 saturated heterocycles. The Morgan fingerprint density at radius 3 is 2.65 bits per heavy atom. The van der Waals surface area contributed by atoms with E-state index in [-0.39, 0.29) is 16.5 Å². The van der Waals surface area contributed by atoms with Gasteiger partial charge in [0.05, 0.1) is 12.4 Å². The highest BCUT2D eigenvalue weighted by Gasteiger charge is 2.38. The average molecular weight is 327 g/mol. The Labute approximate surface area is 141 Å². The summed E-state index contributed by atoms with van der Waals surface area (Å²) in [6.07, 6.45) is 0.875. The first-order valence-electron chi connectivity index (χ1n) is 7.83. The summed E-state index contributed by atoms with van der Waals surface area (Å²) in [6.45, 7) is 2.73. The fourth-order valence-electron chi connectivity index (χ4n) is 2.85. The predicted octanol–water partition coefficient (Wildman–Crippen LogP) is 3.90. The molecular weight excluding hydrogens is 306 g/mol. The molecule has 0 aliphatic carbocycles. The molecule has 0 N–H and O–H groups in total. The lowest BCUT2D eigenvalue weighted by molar-refractivity contribution is -0.129. The first-order chi connectivity index (χ1) is 11.2. The molecule has 2 unspecified atom stereocenters. The van der Waals surface area contributed by atoms with E-state index in [0.717, 1.165) is 24.3 Å². The molecule has 3 rings (SSSR count). The van der Waals surface area contributed by atoms with Gasteiger partial charge in [0, 0.05) is 6.54 Å². The monoisotopic (exact) mass is 327 g/mol. The maximum atomic E-state index is 12.5. The molecule has 1 aliphatic heterocycles. The third-order valence-corrected chi connectivity index (χ3v) is 5.50. The van der Waals surface area contributed by atoms with Crippen LogP contribution in [-0.4, -0.2) is 29.7 Å². The van der Waals surface area contributed by atoms with Gasteiger partial charge >= 0.3 is 0 Å². The Bertz CT molecular complexity index is 674. The van der Waals surface area contributed by atoms with Crippen molar-refractivity contribution < 1.29 is 9.53 Å². The minimum atomic E-state index is 0.00183. The smallest absolute Gasteiger partial charge is 0.236 e. The molecule has 0 saturated carbocycles. The molecule has 3 nitrogen and oxygen atoms in total. The molecule has 1 aliphatic rings. The molecular formula is C19H21NO2S. The minimum Gasteiger partial charge on any atom is -0.497 e. The third kappa shape index (κ3) is 3.53. The van der Waals surface area contributed by atoms with Crippen LogP contribution in [0.4, 0.5) is 0 Å². The van der Waals surface area contributed by atoms with Crippen molar-refractivity contribution >= 4 is 17.7 Å². The van der Waals surface area contributed by atoms with Crippen LogP contribution in [0.2, 0.25) is 0 Å². The number of carbonyl (C=O) groups is 1. The van der Waals surface area contributed by atoms with E-state index < -0.39 is 0 Å². The highest BCUT2D eigenvalue weighted by molar-refractivity contribution is 8.01. The van der Waals surface area contributed by atoms with E-state index in [2.05, 4.69) is 18.2 Å². The van der Waals surface area contributed by atoms with Crippen LogP contribution < -0.4 is 4.74 Å². The molecule has 4 heteroatoms. The number of ether oxygens (including phenoxy) is 1. The second-order valence-corrected chi connectivity index (χ2v) is 7.10. The molecule has 0 aromatic heterocycles. The lowest BCUT2D eigenvalue weighted by atomic mass is 10.1. The number of hydrogen-bond donors (Lipinski definition) is 0. The van der Waals surface area contributed by atoms with Crippen LogP contribution in [0.1, 0.15) is 23.4 Å². The fraction of sp³-hybridized carbons (Fsp3) is 0.316. The number of nitrogens with zero attached hydrogens (tertiary/aromatic N) is 1. The molecule has 1 heterocycles. The van der Waals surface area contributed by atoms with E-state index in [1.807, 2.05) is 48.2 Å². The van der Waals surface area contributed by atoms with Crippen LogP contribution in [0.3, 0.4) is 0 Å². The SMILES string of the molecule is COc1cccc(C2SC(C)C(=O)N2CCc2ccccc2)c1. The summed E-state index contributed by atoms with van der Waals surface area (Å²) < 4.78 is 5.32. The van der Waals surface area contributed by atoms with Gasteiger partial charge in [-0.1, -0.05) is 42.5 Å². The number of carbonyl (C=O) groups excluding carboxylic acids is 1. The maximum absolute atomic E-state index is 12.5. The van der Waals surface area contributed by atoms with Crippen LogP contribution in [0, 0.1) is 0 Å². The average Bonchev–Trinajstić information content (AvgIpc) is 2.89. The summed E-state index contributed by atoms with van der Waals surface area (Å²) in [6, 6.07) is 18.3. The van der Waals surface area contributed by atoms with Crippen LogP contribution >= 0.6 is 11.8 Å². The van der Waals surface area contributed by atoms with Crippen molar-refractivity contribution in [1.82, 2.24) is 4.90 Å². The zero-order valence-corrected chi connectivity index (χ0v) is 14.3. The number of benzene rings is 2. The number of thioether (sulfide) groups is 1. The summed E-state index contributed by atoms with van der Waals surface area (Å²) in [5, 5.41) is 0.0679. The quantitative estimate of drug-likeness (QED) is 0.834. The van der Waals surface area contributed by atoms with Gasteiger partial charge in [0.25, 0.3) is 0 Å². The van der Waals surface area contributed by atoms with E-state index in [0.29, 0.717) is 0 Å². The Morgan fingerprint density at radius 2 is 1.91 bits per heavy atom. The van der Waals surface area contributed by atoms with Crippen LogP contribution in [0.25, 0.3) is 0 Å². The van der Waals surface area contributed by atoms with Crippen LogP contribution in [0.5, 0.6) is 5.75 Å². The molecule has 120 valence electrons. The van der Waals surface area contributed by atoms with E-state index in [1.54, 1.807) is 18.9 Å². The van der Waals surface area contributed by atoms with E-state index >= 15 is 0 Å². The van der Waals surface area contributed by atoms with Gasteiger partial charge in [-0.15, -0.1) is 11.8 Å².